The summed E-state index contributed by atoms with van der Waals surface area (Å²) in [6.07, 6.45) is 8.65. The molecular formula is C21H31N3O3S. The van der Waals surface area contributed by atoms with Gasteiger partial charge < -0.3 is 9.80 Å². The lowest BCUT2D eigenvalue weighted by Gasteiger charge is -2.19. The van der Waals surface area contributed by atoms with Gasteiger partial charge in [-0.15, -0.1) is 0 Å². The number of carbonyl (C=O) groups is 1. The molecule has 0 atom stereocenters. The average molecular weight is 406 g/mol. The molecule has 0 bridgehead atoms. The fourth-order valence-electron chi connectivity index (χ4n) is 4.28. The van der Waals surface area contributed by atoms with E-state index in [0.717, 1.165) is 56.6 Å². The van der Waals surface area contributed by atoms with Crippen LogP contribution < -0.4 is 9.62 Å². The molecule has 0 spiro atoms. The molecule has 1 saturated carbocycles. The number of amides is 1. The summed E-state index contributed by atoms with van der Waals surface area (Å²) < 4.78 is 28.1. The fourth-order valence-corrected chi connectivity index (χ4v) is 5.40. The Balaban J connectivity index is 1.32. The van der Waals surface area contributed by atoms with Gasteiger partial charge in [-0.3, -0.25) is 4.79 Å². The topological polar surface area (TPSA) is 69.7 Å². The minimum Gasteiger partial charge on any atom is -0.312 e. The standard InChI is InChI=1S/C21H31N3O3S/c25-21(17-6-7-17)24-15-10-18-16-19(8-9-20(18)24)28(26,27)22-11-5-14-23-12-3-1-2-4-13-23/h8-9,16-17,22H,1-7,10-15H2. The summed E-state index contributed by atoms with van der Waals surface area (Å²) in [5.41, 5.74) is 1.85. The maximum Gasteiger partial charge on any atom is 0.240 e. The normalized spacial score (nSPS) is 20.8. The molecule has 1 aromatic carbocycles. The molecule has 1 amide bonds. The van der Waals surface area contributed by atoms with Gasteiger partial charge >= 0.3 is 0 Å². The number of anilines is 1. The Morgan fingerprint density at radius 1 is 1.07 bits per heavy atom. The van der Waals surface area contributed by atoms with Crippen molar-refractivity contribution in [3.8, 4) is 0 Å². The number of nitrogens with zero attached hydrogens (tertiary/aromatic N) is 2. The van der Waals surface area contributed by atoms with E-state index in [1.807, 2.05) is 4.90 Å². The Morgan fingerprint density at radius 3 is 2.54 bits per heavy atom. The zero-order chi connectivity index (χ0) is 19.6. The van der Waals surface area contributed by atoms with Crippen molar-refractivity contribution in [2.75, 3.05) is 37.6 Å². The second kappa shape index (κ2) is 8.51. The number of sulfonamides is 1. The van der Waals surface area contributed by atoms with Crippen molar-refractivity contribution in [3.05, 3.63) is 23.8 Å². The van der Waals surface area contributed by atoms with Crippen molar-refractivity contribution in [1.82, 2.24) is 9.62 Å². The molecule has 28 heavy (non-hydrogen) atoms. The van der Waals surface area contributed by atoms with Crippen LogP contribution in [-0.2, 0) is 21.2 Å². The molecule has 1 saturated heterocycles. The van der Waals surface area contributed by atoms with Crippen molar-refractivity contribution in [3.63, 3.8) is 0 Å². The maximum absolute atomic E-state index is 12.7. The molecule has 0 unspecified atom stereocenters. The first-order chi connectivity index (χ1) is 13.5. The maximum atomic E-state index is 12.7. The zero-order valence-corrected chi connectivity index (χ0v) is 17.3. The molecule has 0 aromatic heterocycles. The van der Waals surface area contributed by atoms with Gasteiger partial charge in [0, 0.05) is 24.7 Å². The third-order valence-corrected chi connectivity index (χ3v) is 7.55. The summed E-state index contributed by atoms with van der Waals surface area (Å²) >= 11 is 0. The predicted octanol–water partition coefficient (Wildman–Crippen LogP) is 2.53. The van der Waals surface area contributed by atoms with Gasteiger partial charge in [0.25, 0.3) is 0 Å². The minimum atomic E-state index is -3.51. The molecule has 3 aliphatic rings. The van der Waals surface area contributed by atoms with Crippen LogP contribution in [0, 0.1) is 5.92 Å². The van der Waals surface area contributed by atoms with Gasteiger partial charge in [-0.05, 0) is 81.9 Å². The van der Waals surface area contributed by atoms with Crippen LogP contribution in [0.15, 0.2) is 23.1 Å². The molecule has 1 N–H and O–H groups in total. The minimum absolute atomic E-state index is 0.181. The van der Waals surface area contributed by atoms with Gasteiger partial charge in [0.05, 0.1) is 4.90 Å². The summed E-state index contributed by atoms with van der Waals surface area (Å²) in [4.78, 5) is 17.0. The van der Waals surface area contributed by atoms with E-state index in [1.165, 1.54) is 25.7 Å². The van der Waals surface area contributed by atoms with Crippen molar-refractivity contribution in [1.29, 1.82) is 0 Å². The highest BCUT2D eigenvalue weighted by Gasteiger charge is 2.36. The number of fused-ring (bicyclic) bond motifs is 1. The van der Waals surface area contributed by atoms with Crippen LogP contribution >= 0.6 is 0 Å². The first-order valence-electron chi connectivity index (χ1n) is 10.7. The van der Waals surface area contributed by atoms with E-state index in [0.29, 0.717) is 18.0 Å². The Hall–Kier alpha value is -1.44. The van der Waals surface area contributed by atoms with Crippen LogP contribution in [0.4, 0.5) is 5.69 Å². The molecule has 1 aromatic rings. The third kappa shape index (κ3) is 4.58. The van der Waals surface area contributed by atoms with Gasteiger partial charge in [-0.2, -0.15) is 0 Å². The van der Waals surface area contributed by atoms with E-state index < -0.39 is 10.0 Å². The molecule has 4 rings (SSSR count). The van der Waals surface area contributed by atoms with E-state index in [4.69, 9.17) is 0 Å². The lowest BCUT2D eigenvalue weighted by Crippen LogP contribution is -2.31. The summed E-state index contributed by atoms with van der Waals surface area (Å²) in [5, 5.41) is 0. The fraction of sp³-hybridized carbons (Fsp3) is 0.667. The Bertz CT molecular complexity index is 812. The van der Waals surface area contributed by atoms with Crippen LogP contribution in [0.2, 0.25) is 0 Å². The lowest BCUT2D eigenvalue weighted by molar-refractivity contribution is -0.119. The second-order valence-corrected chi connectivity index (χ2v) is 10.1. The molecule has 6 nitrogen and oxygen atoms in total. The van der Waals surface area contributed by atoms with E-state index in [1.54, 1.807) is 18.2 Å². The predicted molar refractivity (Wildman–Crippen MR) is 110 cm³/mol. The second-order valence-electron chi connectivity index (χ2n) is 8.31. The number of nitrogens with one attached hydrogen (secondary N) is 1. The Morgan fingerprint density at radius 2 is 1.82 bits per heavy atom. The molecule has 2 aliphatic heterocycles. The summed E-state index contributed by atoms with van der Waals surface area (Å²) in [6, 6.07) is 5.18. The summed E-state index contributed by atoms with van der Waals surface area (Å²) in [6.45, 7) is 4.34. The molecular weight excluding hydrogens is 374 g/mol. The smallest absolute Gasteiger partial charge is 0.240 e. The largest absolute Gasteiger partial charge is 0.312 e. The highest BCUT2D eigenvalue weighted by molar-refractivity contribution is 7.89. The highest BCUT2D eigenvalue weighted by Crippen LogP contribution is 2.37. The molecule has 2 heterocycles. The average Bonchev–Trinajstić information content (AvgIpc) is 3.49. The quantitative estimate of drug-likeness (QED) is 0.708. The summed E-state index contributed by atoms with van der Waals surface area (Å²) in [5.74, 6) is 0.376. The number of hydrogen-bond donors (Lipinski definition) is 1. The number of rotatable bonds is 7. The van der Waals surface area contributed by atoms with E-state index in [2.05, 4.69) is 9.62 Å². The Labute approximate surface area is 168 Å². The van der Waals surface area contributed by atoms with Crippen molar-refractivity contribution < 1.29 is 13.2 Å². The first-order valence-corrected chi connectivity index (χ1v) is 12.2. The number of carbonyl (C=O) groups excluding carboxylic acids is 1. The van der Waals surface area contributed by atoms with Crippen LogP contribution in [0.3, 0.4) is 0 Å². The van der Waals surface area contributed by atoms with Gasteiger partial charge in [-0.1, -0.05) is 12.8 Å². The lowest BCUT2D eigenvalue weighted by atomic mass is 10.2. The molecule has 0 radical (unpaired) electrons. The molecule has 154 valence electrons. The first kappa shape index (κ1) is 19.9. The monoisotopic (exact) mass is 405 g/mol. The van der Waals surface area contributed by atoms with Gasteiger partial charge in [0.2, 0.25) is 15.9 Å². The SMILES string of the molecule is O=C(C1CC1)N1CCc2cc(S(=O)(=O)NCCCN3CCCCCC3)ccc21. The van der Waals surface area contributed by atoms with Crippen molar-refractivity contribution >= 4 is 21.6 Å². The number of likely N-dealkylation sites (tertiary alicyclic amines) is 1. The van der Waals surface area contributed by atoms with E-state index in [-0.39, 0.29) is 11.8 Å². The van der Waals surface area contributed by atoms with Crippen LogP contribution in [0.5, 0.6) is 0 Å². The van der Waals surface area contributed by atoms with Crippen LogP contribution in [0.25, 0.3) is 0 Å². The van der Waals surface area contributed by atoms with E-state index >= 15 is 0 Å². The van der Waals surface area contributed by atoms with E-state index in [9.17, 15) is 13.2 Å². The molecule has 7 heteroatoms. The number of hydrogen-bond acceptors (Lipinski definition) is 4. The third-order valence-electron chi connectivity index (χ3n) is 6.09. The molecule has 1 aliphatic carbocycles. The highest BCUT2D eigenvalue weighted by atomic mass is 32.2. The zero-order valence-electron chi connectivity index (χ0n) is 16.5. The van der Waals surface area contributed by atoms with Crippen molar-refractivity contribution in [2.24, 2.45) is 5.92 Å². The Kier molecular flexibility index (Phi) is 6.04. The van der Waals surface area contributed by atoms with Crippen LogP contribution in [-0.4, -0.2) is 51.9 Å². The van der Waals surface area contributed by atoms with Crippen molar-refractivity contribution in [2.45, 2.75) is 56.3 Å². The van der Waals surface area contributed by atoms with Gasteiger partial charge in [0.1, 0.15) is 0 Å². The molecule has 2 fully saturated rings. The summed E-state index contributed by atoms with van der Waals surface area (Å²) in [7, 11) is -3.51. The number of benzene rings is 1. The van der Waals surface area contributed by atoms with Crippen LogP contribution in [0.1, 0.15) is 50.5 Å². The van der Waals surface area contributed by atoms with Gasteiger partial charge in [0.15, 0.2) is 0 Å². The van der Waals surface area contributed by atoms with Gasteiger partial charge in [-0.25, -0.2) is 13.1 Å².